The van der Waals surface area contributed by atoms with Gasteiger partial charge in [0.1, 0.15) is 6.61 Å². The second kappa shape index (κ2) is 4.85. The molecular weight excluding hydrogens is 231 g/mol. The van der Waals surface area contributed by atoms with E-state index < -0.39 is 24.8 Å². The normalized spacial score (nSPS) is 27.4. The van der Waals surface area contributed by atoms with Gasteiger partial charge in [0.05, 0.1) is 6.10 Å². The Morgan fingerprint density at radius 2 is 1.75 bits per heavy atom. The fourth-order valence-corrected chi connectivity index (χ4v) is 1.86. The molecule has 0 N–H and O–H groups in total. The first-order valence-corrected chi connectivity index (χ1v) is 5.32. The van der Waals surface area contributed by atoms with Gasteiger partial charge in [-0.1, -0.05) is 13.3 Å². The Bertz CT molecular complexity index is 226. The number of ether oxygens (including phenoxy) is 1. The largest absolute Gasteiger partial charge is 0.455 e. The highest BCUT2D eigenvalue weighted by Crippen LogP contribution is 2.37. The molecule has 1 aliphatic rings. The maximum atomic E-state index is 12.5. The third-order valence-corrected chi connectivity index (χ3v) is 2.99. The minimum atomic E-state index is -5.52. The standard InChI is InChI=1S/C10H15F5O/c1-2-7-3-4-8(5-7)16-6-9(11,12)10(13,14)15/h7-8H,2-6H2,1H3. The van der Waals surface area contributed by atoms with Crippen LogP contribution < -0.4 is 0 Å². The van der Waals surface area contributed by atoms with Crippen LogP contribution in [-0.2, 0) is 4.74 Å². The number of hydrogen-bond acceptors (Lipinski definition) is 1. The first-order valence-electron chi connectivity index (χ1n) is 5.32. The molecule has 0 aliphatic heterocycles. The van der Waals surface area contributed by atoms with Gasteiger partial charge in [-0.2, -0.15) is 22.0 Å². The predicted octanol–water partition coefficient (Wildman–Crippen LogP) is 3.78. The van der Waals surface area contributed by atoms with E-state index in [2.05, 4.69) is 4.74 Å². The summed E-state index contributed by atoms with van der Waals surface area (Å²) in [6.07, 6.45) is -3.04. The molecule has 1 saturated carbocycles. The highest BCUT2D eigenvalue weighted by atomic mass is 19.4. The molecule has 0 aromatic carbocycles. The van der Waals surface area contributed by atoms with E-state index in [1.54, 1.807) is 0 Å². The van der Waals surface area contributed by atoms with Crippen LogP contribution in [0.1, 0.15) is 32.6 Å². The predicted molar refractivity (Wildman–Crippen MR) is 48.4 cm³/mol. The van der Waals surface area contributed by atoms with Crippen LogP contribution in [0.4, 0.5) is 22.0 Å². The van der Waals surface area contributed by atoms with Crippen molar-refractivity contribution in [1.29, 1.82) is 0 Å². The average molecular weight is 246 g/mol. The summed E-state index contributed by atoms with van der Waals surface area (Å²) in [6.45, 7) is 0.412. The molecule has 0 aromatic heterocycles. The Balaban J connectivity index is 2.35. The summed E-state index contributed by atoms with van der Waals surface area (Å²) in [4.78, 5) is 0. The van der Waals surface area contributed by atoms with Gasteiger partial charge >= 0.3 is 12.1 Å². The fourth-order valence-electron chi connectivity index (χ4n) is 1.86. The molecule has 2 atom stereocenters. The molecule has 96 valence electrons. The molecule has 0 radical (unpaired) electrons. The van der Waals surface area contributed by atoms with Crippen molar-refractivity contribution in [2.45, 2.75) is 50.8 Å². The van der Waals surface area contributed by atoms with Crippen molar-refractivity contribution < 1.29 is 26.7 Å². The second-order valence-corrected chi connectivity index (χ2v) is 4.22. The highest BCUT2D eigenvalue weighted by molar-refractivity contribution is 4.79. The van der Waals surface area contributed by atoms with Crippen LogP contribution in [0.3, 0.4) is 0 Å². The van der Waals surface area contributed by atoms with Gasteiger partial charge in [-0.3, -0.25) is 0 Å². The minimum Gasteiger partial charge on any atom is -0.372 e. The van der Waals surface area contributed by atoms with Crippen LogP contribution in [0.5, 0.6) is 0 Å². The molecule has 2 unspecified atom stereocenters. The lowest BCUT2D eigenvalue weighted by Crippen LogP contribution is -2.41. The van der Waals surface area contributed by atoms with Crippen LogP contribution in [0, 0.1) is 5.92 Å². The number of halogens is 5. The summed E-state index contributed by atoms with van der Waals surface area (Å²) in [6, 6.07) is 0. The molecule has 0 aromatic rings. The molecular formula is C10H15F5O. The molecule has 1 aliphatic carbocycles. The molecule has 6 heteroatoms. The fraction of sp³-hybridized carbons (Fsp3) is 1.00. The molecule has 0 saturated heterocycles. The van der Waals surface area contributed by atoms with Crippen molar-refractivity contribution in [1.82, 2.24) is 0 Å². The van der Waals surface area contributed by atoms with Crippen LogP contribution in [0.25, 0.3) is 0 Å². The lowest BCUT2D eigenvalue weighted by molar-refractivity contribution is -0.299. The molecule has 16 heavy (non-hydrogen) atoms. The van der Waals surface area contributed by atoms with Crippen LogP contribution in [-0.4, -0.2) is 24.8 Å². The molecule has 1 rings (SSSR count). The van der Waals surface area contributed by atoms with Gasteiger partial charge in [-0.05, 0) is 25.2 Å². The maximum absolute atomic E-state index is 12.5. The molecule has 0 amide bonds. The Morgan fingerprint density at radius 1 is 1.12 bits per heavy atom. The summed E-state index contributed by atoms with van der Waals surface area (Å²) < 4.78 is 65.1. The lowest BCUT2D eigenvalue weighted by atomic mass is 10.1. The van der Waals surface area contributed by atoms with Crippen molar-refractivity contribution in [3.63, 3.8) is 0 Å². The van der Waals surface area contributed by atoms with Crippen molar-refractivity contribution in [2.75, 3.05) is 6.61 Å². The van der Waals surface area contributed by atoms with Gasteiger partial charge in [0.15, 0.2) is 0 Å². The average Bonchev–Trinajstić information content (AvgIpc) is 2.60. The Hall–Kier alpha value is -0.390. The Morgan fingerprint density at radius 3 is 2.19 bits per heavy atom. The SMILES string of the molecule is CCC1CCC(OCC(F)(F)C(F)(F)F)C1. The van der Waals surface area contributed by atoms with Gasteiger partial charge in [-0.15, -0.1) is 0 Å². The van der Waals surface area contributed by atoms with Crippen molar-refractivity contribution in [3.05, 3.63) is 0 Å². The number of alkyl halides is 5. The Labute approximate surface area is 91.0 Å². The highest BCUT2D eigenvalue weighted by Gasteiger charge is 2.57. The van der Waals surface area contributed by atoms with Crippen LogP contribution in [0.15, 0.2) is 0 Å². The molecule has 0 bridgehead atoms. The summed E-state index contributed by atoms with van der Waals surface area (Å²) in [5.41, 5.74) is 0. The van der Waals surface area contributed by atoms with E-state index in [-0.39, 0.29) is 0 Å². The van der Waals surface area contributed by atoms with E-state index in [0.717, 1.165) is 12.8 Å². The summed E-state index contributed by atoms with van der Waals surface area (Å²) in [5, 5.41) is 0. The molecule has 1 fully saturated rings. The van der Waals surface area contributed by atoms with Crippen molar-refractivity contribution >= 4 is 0 Å². The van der Waals surface area contributed by atoms with Gasteiger partial charge in [0, 0.05) is 0 Å². The Kier molecular flexibility index (Phi) is 4.15. The molecule has 0 heterocycles. The monoisotopic (exact) mass is 246 g/mol. The summed E-state index contributed by atoms with van der Waals surface area (Å²) in [5.74, 6) is -4.35. The first-order chi connectivity index (χ1) is 7.26. The third-order valence-electron chi connectivity index (χ3n) is 2.99. The molecule has 1 nitrogen and oxygen atoms in total. The topological polar surface area (TPSA) is 9.23 Å². The van der Waals surface area contributed by atoms with Crippen LogP contribution in [0.2, 0.25) is 0 Å². The van der Waals surface area contributed by atoms with E-state index in [1.807, 2.05) is 6.92 Å². The quantitative estimate of drug-likeness (QED) is 0.686. The summed E-state index contributed by atoms with van der Waals surface area (Å²) in [7, 11) is 0. The molecule has 0 spiro atoms. The van der Waals surface area contributed by atoms with Gasteiger partial charge in [0.25, 0.3) is 0 Å². The number of hydrogen-bond donors (Lipinski definition) is 0. The van der Waals surface area contributed by atoms with E-state index in [1.165, 1.54) is 0 Å². The minimum absolute atomic E-state index is 0.393. The van der Waals surface area contributed by atoms with E-state index in [0.29, 0.717) is 18.8 Å². The first kappa shape index (κ1) is 13.7. The second-order valence-electron chi connectivity index (χ2n) is 4.22. The zero-order chi connectivity index (χ0) is 12.4. The van der Waals surface area contributed by atoms with E-state index in [4.69, 9.17) is 0 Å². The summed E-state index contributed by atoms with van der Waals surface area (Å²) >= 11 is 0. The van der Waals surface area contributed by atoms with Crippen molar-refractivity contribution in [3.8, 4) is 0 Å². The zero-order valence-corrected chi connectivity index (χ0v) is 8.99. The van der Waals surface area contributed by atoms with Crippen LogP contribution >= 0.6 is 0 Å². The lowest BCUT2D eigenvalue weighted by Gasteiger charge is -2.21. The zero-order valence-electron chi connectivity index (χ0n) is 8.99. The van der Waals surface area contributed by atoms with Crippen molar-refractivity contribution in [2.24, 2.45) is 5.92 Å². The maximum Gasteiger partial charge on any atom is 0.455 e. The smallest absolute Gasteiger partial charge is 0.372 e. The van der Waals surface area contributed by atoms with E-state index >= 15 is 0 Å². The van der Waals surface area contributed by atoms with Gasteiger partial charge < -0.3 is 4.74 Å². The third kappa shape index (κ3) is 3.30. The van der Waals surface area contributed by atoms with E-state index in [9.17, 15) is 22.0 Å². The van der Waals surface area contributed by atoms with Gasteiger partial charge in [-0.25, -0.2) is 0 Å². The number of rotatable bonds is 4. The van der Waals surface area contributed by atoms with Gasteiger partial charge in [0.2, 0.25) is 0 Å².